The van der Waals surface area contributed by atoms with E-state index in [-0.39, 0.29) is 5.91 Å². The van der Waals surface area contributed by atoms with Gasteiger partial charge in [-0.05, 0) is 25.0 Å². The fourth-order valence-electron chi connectivity index (χ4n) is 2.57. The van der Waals surface area contributed by atoms with Gasteiger partial charge in [0, 0.05) is 12.0 Å². The van der Waals surface area contributed by atoms with Crippen LogP contribution in [0.15, 0.2) is 12.1 Å². The highest BCUT2D eigenvalue weighted by molar-refractivity contribution is 6.44. The Hall–Kier alpha value is -0.480. The van der Waals surface area contributed by atoms with E-state index in [1.807, 2.05) is 0 Å². The van der Waals surface area contributed by atoms with Gasteiger partial charge in [0.25, 0.3) is 0 Å². The van der Waals surface area contributed by atoms with Crippen LogP contribution in [-0.4, -0.2) is 11.4 Å². The van der Waals surface area contributed by atoms with E-state index in [2.05, 4.69) is 5.32 Å². The number of halogens is 3. The van der Waals surface area contributed by atoms with Crippen LogP contribution in [0.2, 0.25) is 15.1 Å². The molecule has 0 saturated heterocycles. The molecule has 0 aliphatic heterocycles. The number of rotatable bonds is 3. The predicted molar refractivity (Wildman–Crippen MR) is 84.7 cm³/mol. The molecule has 1 aliphatic carbocycles. The van der Waals surface area contributed by atoms with E-state index < -0.39 is 5.54 Å². The summed E-state index contributed by atoms with van der Waals surface area (Å²) in [5, 5.41) is 3.83. The van der Waals surface area contributed by atoms with E-state index in [0.29, 0.717) is 27.2 Å². The molecule has 0 atom stereocenters. The smallest absolute Gasteiger partial charge is 0.226 e. The number of benzene rings is 1. The average Bonchev–Trinajstić information content (AvgIpc) is 2.36. The van der Waals surface area contributed by atoms with Crippen molar-refractivity contribution in [1.29, 1.82) is 0 Å². The zero-order valence-electron chi connectivity index (χ0n) is 11.0. The van der Waals surface area contributed by atoms with Gasteiger partial charge in [0.1, 0.15) is 0 Å². The Kier molecular flexibility index (Phi) is 5.19. The van der Waals surface area contributed by atoms with Gasteiger partial charge in [0.2, 0.25) is 5.91 Å². The third-order valence-electron chi connectivity index (χ3n) is 3.65. The van der Waals surface area contributed by atoms with Crippen LogP contribution >= 0.6 is 34.8 Å². The van der Waals surface area contributed by atoms with Gasteiger partial charge < -0.3 is 11.1 Å². The second kappa shape index (κ2) is 6.52. The topological polar surface area (TPSA) is 55.1 Å². The summed E-state index contributed by atoms with van der Waals surface area (Å²) in [4.78, 5) is 12.1. The summed E-state index contributed by atoms with van der Waals surface area (Å²) in [6.45, 7) is 0. The minimum absolute atomic E-state index is 0.144. The lowest BCUT2D eigenvalue weighted by Gasteiger charge is -2.32. The summed E-state index contributed by atoms with van der Waals surface area (Å²) in [5.74, 6) is -0.144. The molecule has 1 aromatic rings. The van der Waals surface area contributed by atoms with Crippen molar-refractivity contribution in [2.45, 2.75) is 44.1 Å². The van der Waals surface area contributed by atoms with E-state index in [0.717, 1.165) is 25.7 Å². The maximum absolute atomic E-state index is 12.1. The lowest BCUT2D eigenvalue weighted by molar-refractivity contribution is -0.117. The molecule has 3 nitrogen and oxygen atoms in total. The number of carbonyl (C=O) groups excluding carboxylic acids is 1. The third kappa shape index (κ3) is 4.01. The monoisotopic (exact) mass is 334 g/mol. The van der Waals surface area contributed by atoms with E-state index in [1.165, 1.54) is 12.5 Å². The molecular formula is C14H17Cl3N2O. The summed E-state index contributed by atoms with van der Waals surface area (Å²) in [6.07, 6.45) is 5.42. The van der Waals surface area contributed by atoms with Gasteiger partial charge in [-0.15, -0.1) is 0 Å². The highest BCUT2D eigenvalue weighted by Crippen LogP contribution is 2.33. The molecular weight excluding hydrogens is 319 g/mol. The Balaban J connectivity index is 2.03. The molecule has 3 N–H and O–H groups in total. The van der Waals surface area contributed by atoms with Crippen molar-refractivity contribution in [2.24, 2.45) is 5.73 Å². The number of amides is 1. The van der Waals surface area contributed by atoms with E-state index in [1.54, 1.807) is 6.07 Å². The lowest BCUT2D eigenvalue weighted by atomic mass is 9.80. The van der Waals surface area contributed by atoms with Crippen molar-refractivity contribution in [3.8, 4) is 0 Å². The first-order chi connectivity index (χ1) is 9.39. The fraction of sp³-hybridized carbons (Fsp3) is 0.500. The van der Waals surface area contributed by atoms with Crippen molar-refractivity contribution < 1.29 is 4.79 Å². The van der Waals surface area contributed by atoms with Crippen LogP contribution in [0.3, 0.4) is 0 Å². The maximum atomic E-state index is 12.1. The molecule has 0 aromatic heterocycles. The molecule has 1 aliphatic rings. The van der Waals surface area contributed by atoms with E-state index in [4.69, 9.17) is 40.5 Å². The second-order valence-electron chi connectivity index (χ2n) is 5.39. The van der Waals surface area contributed by atoms with E-state index >= 15 is 0 Å². The van der Waals surface area contributed by atoms with Gasteiger partial charge in [0.05, 0.1) is 20.8 Å². The van der Waals surface area contributed by atoms with Crippen LogP contribution in [-0.2, 0) is 4.79 Å². The molecule has 2 rings (SSSR count). The first-order valence-corrected chi connectivity index (χ1v) is 7.76. The molecule has 0 radical (unpaired) electrons. The van der Waals surface area contributed by atoms with Crippen LogP contribution in [0, 0.1) is 0 Å². The molecule has 0 heterocycles. The molecule has 20 heavy (non-hydrogen) atoms. The molecule has 1 fully saturated rings. The highest BCUT2D eigenvalue weighted by Gasteiger charge is 2.30. The number of hydrogen-bond donors (Lipinski definition) is 2. The number of nitrogens with one attached hydrogen (secondary N) is 1. The summed E-state index contributed by atoms with van der Waals surface area (Å²) >= 11 is 17.8. The number of nitrogens with two attached hydrogens (primary N) is 1. The largest absolute Gasteiger partial charge is 0.325 e. The minimum Gasteiger partial charge on any atom is -0.325 e. The van der Waals surface area contributed by atoms with Gasteiger partial charge in [0.15, 0.2) is 0 Å². The molecule has 1 saturated carbocycles. The van der Waals surface area contributed by atoms with Gasteiger partial charge in [-0.3, -0.25) is 4.79 Å². The van der Waals surface area contributed by atoms with Crippen LogP contribution in [0.5, 0.6) is 0 Å². The average molecular weight is 336 g/mol. The van der Waals surface area contributed by atoms with Crippen molar-refractivity contribution in [1.82, 2.24) is 0 Å². The van der Waals surface area contributed by atoms with Crippen LogP contribution in [0.4, 0.5) is 5.69 Å². The Labute approximate surface area is 133 Å². The zero-order chi connectivity index (χ0) is 14.8. The second-order valence-corrected chi connectivity index (χ2v) is 6.62. The van der Waals surface area contributed by atoms with Crippen LogP contribution < -0.4 is 11.1 Å². The Morgan fingerprint density at radius 2 is 1.70 bits per heavy atom. The predicted octanol–water partition coefficient (Wildman–Crippen LogP) is 4.64. The van der Waals surface area contributed by atoms with Crippen molar-refractivity contribution >= 4 is 46.4 Å². The van der Waals surface area contributed by atoms with Crippen molar-refractivity contribution in [3.63, 3.8) is 0 Å². The first-order valence-electron chi connectivity index (χ1n) is 6.63. The Bertz CT molecular complexity index is 513. The summed E-state index contributed by atoms with van der Waals surface area (Å²) < 4.78 is 0. The normalized spacial score (nSPS) is 17.8. The Morgan fingerprint density at radius 3 is 2.35 bits per heavy atom. The zero-order valence-corrected chi connectivity index (χ0v) is 13.3. The number of carbonyl (C=O) groups is 1. The summed E-state index contributed by atoms with van der Waals surface area (Å²) in [7, 11) is 0. The molecule has 0 bridgehead atoms. The number of anilines is 1. The van der Waals surface area contributed by atoms with Crippen molar-refractivity contribution in [2.75, 3.05) is 5.32 Å². The molecule has 6 heteroatoms. The standard InChI is InChI=1S/C14H17Cl3N2O/c15-9-6-11(17)12(7-10(9)16)19-13(20)8-14(18)4-2-1-3-5-14/h6-7H,1-5,8,18H2,(H,19,20). The maximum Gasteiger partial charge on any atom is 0.226 e. The minimum atomic E-state index is -0.398. The summed E-state index contributed by atoms with van der Waals surface area (Å²) in [5.41, 5.74) is 6.33. The van der Waals surface area contributed by atoms with Gasteiger partial charge in [-0.2, -0.15) is 0 Å². The van der Waals surface area contributed by atoms with Crippen LogP contribution in [0.1, 0.15) is 38.5 Å². The Morgan fingerprint density at radius 1 is 1.10 bits per heavy atom. The summed E-state index contributed by atoms with van der Waals surface area (Å²) in [6, 6.07) is 3.06. The first kappa shape index (κ1) is 15.9. The van der Waals surface area contributed by atoms with Gasteiger partial charge >= 0.3 is 0 Å². The fourth-order valence-corrected chi connectivity index (χ4v) is 3.16. The molecule has 1 amide bonds. The lowest BCUT2D eigenvalue weighted by Crippen LogP contribution is -2.44. The molecule has 110 valence electrons. The number of hydrogen-bond acceptors (Lipinski definition) is 2. The quantitative estimate of drug-likeness (QED) is 0.791. The van der Waals surface area contributed by atoms with Gasteiger partial charge in [-0.25, -0.2) is 0 Å². The third-order valence-corrected chi connectivity index (χ3v) is 4.68. The molecule has 0 spiro atoms. The van der Waals surface area contributed by atoms with E-state index in [9.17, 15) is 4.79 Å². The highest BCUT2D eigenvalue weighted by atomic mass is 35.5. The van der Waals surface area contributed by atoms with Gasteiger partial charge in [-0.1, -0.05) is 54.1 Å². The molecule has 0 unspecified atom stereocenters. The van der Waals surface area contributed by atoms with Crippen LogP contribution in [0.25, 0.3) is 0 Å². The molecule has 1 aromatic carbocycles. The SMILES string of the molecule is NC1(CC(=O)Nc2cc(Cl)c(Cl)cc2Cl)CCCCC1. The van der Waals surface area contributed by atoms with Crippen molar-refractivity contribution in [3.05, 3.63) is 27.2 Å².